The van der Waals surface area contributed by atoms with Gasteiger partial charge in [-0.2, -0.15) is 0 Å². The molecule has 1 aliphatic carbocycles. The molecule has 0 unspecified atom stereocenters. The Kier molecular flexibility index (Phi) is 8.57. The first kappa shape index (κ1) is 13.8. The fraction of sp³-hybridized carbons (Fsp3) is 0.875. The molecule has 0 aromatic rings. The van der Waals surface area contributed by atoms with Gasteiger partial charge in [0.05, 0.1) is 0 Å². The molecule has 0 heteroatoms. The summed E-state index contributed by atoms with van der Waals surface area (Å²) in [5.74, 6) is 0.904. The van der Waals surface area contributed by atoms with Crippen LogP contribution in [0.3, 0.4) is 0 Å². The average molecular weight is 222 g/mol. The second-order valence-corrected chi connectivity index (χ2v) is 5.57. The minimum Gasteiger partial charge on any atom is -0.0885 e. The highest BCUT2D eigenvalue weighted by Crippen LogP contribution is 2.17. The maximum Gasteiger partial charge on any atom is -0.0325 e. The van der Waals surface area contributed by atoms with E-state index < -0.39 is 0 Å². The molecule has 94 valence electrons. The molecule has 1 rings (SSSR count). The lowest BCUT2D eigenvalue weighted by atomic mass is 9.99. The van der Waals surface area contributed by atoms with Crippen LogP contribution < -0.4 is 0 Å². The Labute approximate surface area is 103 Å². The molecule has 0 nitrogen and oxygen atoms in total. The Morgan fingerprint density at radius 3 is 1.94 bits per heavy atom. The number of allylic oxidation sites excluding steroid dienone is 2. The van der Waals surface area contributed by atoms with Gasteiger partial charge in [0, 0.05) is 0 Å². The smallest absolute Gasteiger partial charge is 0.0325 e. The Balaban J connectivity index is 2.18. The monoisotopic (exact) mass is 222 g/mol. The highest BCUT2D eigenvalue weighted by molar-refractivity contribution is 4.83. The molecule has 0 saturated heterocycles. The van der Waals surface area contributed by atoms with Crippen molar-refractivity contribution in [1.82, 2.24) is 0 Å². The molecular weight excluding hydrogens is 192 g/mol. The topological polar surface area (TPSA) is 0 Å². The third-order valence-corrected chi connectivity index (χ3v) is 3.77. The van der Waals surface area contributed by atoms with Gasteiger partial charge in [0.1, 0.15) is 0 Å². The molecule has 0 radical (unpaired) electrons. The zero-order valence-corrected chi connectivity index (χ0v) is 11.2. The van der Waals surface area contributed by atoms with Gasteiger partial charge in [-0.1, -0.05) is 76.9 Å². The van der Waals surface area contributed by atoms with Crippen LogP contribution in [0.2, 0.25) is 0 Å². The zero-order chi connectivity index (χ0) is 11.5. The van der Waals surface area contributed by atoms with Crippen LogP contribution in [-0.2, 0) is 0 Å². The molecule has 0 amide bonds. The quantitative estimate of drug-likeness (QED) is 0.449. The van der Waals surface area contributed by atoms with Crippen molar-refractivity contribution < 1.29 is 0 Å². The van der Waals surface area contributed by atoms with Crippen molar-refractivity contribution in [3.05, 3.63) is 12.2 Å². The fourth-order valence-electron chi connectivity index (χ4n) is 2.56. The van der Waals surface area contributed by atoms with Gasteiger partial charge in [0.2, 0.25) is 0 Å². The van der Waals surface area contributed by atoms with Crippen LogP contribution >= 0.6 is 0 Å². The highest BCUT2D eigenvalue weighted by atomic mass is 14.1. The lowest BCUT2D eigenvalue weighted by Gasteiger charge is -2.08. The Morgan fingerprint density at radius 1 is 0.688 bits per heavy atom. The summed E-state index contributed by atoms with van der Waals surface area (Å²) in [6, 6.07) is 0. The molecule has 0 saturated carbocycles. The van der Waals surface area contributed by atoms with Crippen LogP contribution in [0.15, 0.2) is 12.2 Å². The molecular formula is C16H30. The van der Waals surface area contributed by atoms with Crippen molar-refractivity contribution in [3.63, 3.8) is 0 Å². The minimum absolute atomic E-state index is 0.904. The molecule has 0 heterocycles. The van der Waals surface area contributed by atoms with E-state index in [-0.39, 0.29) is 0 Å². The first-order chi connectivity index (χ1) is 7.89. The second-order valence-electron chi connectivity index (χ2n) is 5.57. The van der Waals surface area contributed by atoms with E-state index >= 15 is 0 Å². The van der Waals surface area contributed by atoms with Crippen molar-refractivity contribution in [2.45, 2.75) is 84.0 Å². The largest absolute Gasteiger partial charge is 0.0885 e. The maximum atomic E-state index is 2.42. The third kappa shape index (κ3) is 7.96. The number of hydrogen-bond acceptors (Lipinski definition) is 0. The SMILES string of the molecule is C[C@H]1C/C=C/CCCCCCCCCCC1. The van der Waals surface area contributed by atoms with E-state index in [9.17, 15) is 0 Å². The third-order valence-electron chi connectivity index (χ3n) is 3.77. The van der Waals surface area contributed by atoms with Gasteiger partial charge in [-0.05, 0) is 25.2 Å². The molecule has 0 bridgehead atoms. The normalized spacial score (nSPS) is 28.9. The fourth-order valence-corrected chi connectivity index (χ4v) is 2.56. The number of hydrogen-bond donors (Lipinski definition) is 0. The molecule has 0 N–H and O–H groups in total. The first-order valence-corrected chi connectivity index (χ1v) is 7.54. The van der Waals surface area contributed by atoms with E-state index in [0.717, 1.165) is 5.92 Å². The van der Waals surface area contributed by atoms with Gasteiger partial charge in [-0.25, -0.2) is 0 Å². The predicted octanol–water partition coefficient (Wildman–Crippen LogP) is 5.87. The van der Waals surface area contributed by atoms with E-state index in [1.54, 1.807) is 0 Å². The van der Waals surface area contributed by atoms with Crippen LogP contribution in [0.5, 0.6) is 0 Å². The lowest BCUT2D eigenvalue weighted by molar-refractivity contribution is 0.484. The summed E-state index contributed by atoms with van der Waals surface area (Å²) in [5.41, 5.74) is 0. The highest BCUT2D eigenvalue weighted by Gasteiger charge is 2.00. The van der Waals surface area contributed by atoms with Crippen LogP contribution in [0.4, 0.5) is 0 Å². The van der Waals surface area contributed by atoms with Gasteiger partial charge in [-0.3, -0.25) is 0 Å². The summed E-state index contributed by atoms with van der Waals surface area (Å²) < 4.78 is 0. The molecule has 16 heavy (non-hydrogen) atoms. The summed E-state index contributed by atoms with van der Waals surface area (Å²) in [6.45, 7) is 2.41. The minimum atomic E-state index is 0.904. The molecule has 0 aromatic heterocycles. The number of rotatable bonds is 0. The first-order valence-electron chi connectivity index (χ1n) is 7.54. The van der Waals surface area contributed by atoms with Gasteiger partial charge in [-0.15, -0.1) is 0 Å². The van der Waals surface area contributed by atoms with Crippen LogP contribution in [0.1, 0.15) is 84.0 Å². The van der Waals surface area contributed by atoms with Crippen molar-refractivity contribution >= 4 is 0 Å². The Bertz CT molecular complexity index is 169. The maximum absolute atomic E-state index is 2.42. The summed E-state index contributed by atoms with van der Waals surface area (Å²) in [5, 5.41) is 0. The lowest BCUT2D eigenvalue weighted by Crippen LogP contribution is -1.92. The Hall–Kier alpha value is -0.260. The van der Waals surface area contributed by atoms with Crippen LogP contribution in [0, 0.1) is 5.92 Å². The predicted molar refractivity (Wildman–Crippen MR) is 73.7 cm³/mol. The summed E-state index contributed by atoms with van der Waals surface area (Å²) in [4.78, 5) is 0. The van der Waals surface area contributed by atoms with Crippen molar-refractivity contribution in [2.75, 3.05) is 0 Å². The molecule has 0 aliphatic heterocycles. The molecule has 0 spiro atoms. The van der Waals surface area contributed by atoms with Crippen LogP contribution in [-0.4, -0.2) is 0 Å². The van der Waals surface area contributed by atoms with E-state index in [1.165, 1.54) is 77.0 Å². The van der Waals surface area contributed by atoms with Gasteiger partial charge in [0.15, 0.2) is 0 Å². The van der Waals surface area contributed by atoms with Gasteiger partial charge < -0.3 is 0 Å². The van der Waals surface area contributed by atoms with Crippen LogP contribution in [0.25, 0.3) is 0 Å². The van der Waals surface area contributed by atoms with Crippen molar-refractivity contribution in [2.24, 2.45) is 5.92 Å². The Morgan fingerprint density at radius 2 is 1.25 bits per heavy atom. The van der Waals surface area contributed by atoms with Crippen molar-refractivity contribution in [1.29, 1.82) is 0 Å². The van der Waals surface area contributed by atoms with Gasteiger partial charge in [0.25, 0.3) is 0 Å². The van der Waals surface area contributed by atoms with E-state index in [4.69, 9.17) is 0 Å². The van der Waals surface area contributed by atoms with Gasteiger partial charge >= 0.3 is 0 Å². The molecule has 0 fully saturated rings. The van der Waals surface area contributed by atoms with E-state index in [1.807, 2.05) is 0 Å². The van der Waals surface area contributed by atoms with E-state index in [0.29, 0.717) is 0 Å². The summed E-state index contributed by atoms with van der Waals surface area (Å²) >= 11 is 0. The summed E-state index contributed by atoms with van der Waals surface area (Å²) in [6.07, 6.45) is 22.0. The second kappa shape index (κ2) is 9.93. The van der Waals surface area contributed by atoms with Crippen molar-refractivity contribution in [3.8, 4) is 0 Å². The van der Waals surface area contributed by atoms with E-state index in [2.05, 4.69) is 19.1 Å². The average Bonchev–Trinajstić information content (AvgIpc) is 2.29. The zero-order valence-electron chi connectivity index (χ0n) is 11.2. The molecule has 1 atom stereocenters. The standard InChI is InChI=1S/C16H30/c1-16-14-12-10-8-6-4-2-3-5-7-9-11-13-15-16/h10,12,16H,2-9,11,13-15H2,1H3/b12-10+/t16-/m0/s1. The molecule has 0 aromatic carbocycles. The molecule has 1 aliphatic rings. The summed E-state index contributed by atoms with van der Waals surface area (Å²) in [7, 11) is 0.